The zero-order chi connectivity index (χ0) is 20.8. The van der Waals surface area contributed by atoms with Crippen molar-refractivity contribution in [2.45, 2.75) is 32.8 Å². The zero-order valence-corrected chi connectivity index (χ0v) is 17.8. The fourth-order valence-corrected chi connectivity index (χ4v) is 3.77. The summed E-state index contributed by atoms with van der Waals surface area (Å²) in [6.45, 7) is 8.20. The van der Waals surface area contributed by atoms with Crippen LogP contribution in [0.15, 0.2) is 60.8 Å². The van der Waals surface area contributed by atoms with E-state index in [2.05, 4.69) is 64.4 Å². The van der Waals surface area contributed by atoms with Crippen molar-refractivity contribution in [1.82, 2.24) is 14.9 Å². The number of piperidine rings is 1. The second kappa shape index (κ2) is 9.72. The van der Waals surface area contributed by atoms with Crippen LogP contribution in [0, 0.1) is 13.8 Å². The SMILES string of the molecule is Cc1ccc(OC2CCN(CCNc3nccc(-c4ccccc4)n3)CC2)cc1C. The van der Waals surface area contributed by atoms with E-state index in [0.29, 0.717) is 12.1 Å². The lowest BCUT2D eigenvalue weighted by Crippen LogP contribution is -2.40. The Morgan fingerprint density at radius 2 is 1.80 bits per heavy atom. The van der Waals surface area contributed by atoms with Gasteiger partial charge in [-0.3, -0.25) is 0 Å². The molecule has 1 aromatic heterocycles. The predicted molar refractivity (Wildman–Crippen MR) is 122 cm³/mol. The van der Waals surface area contributed by atoms with Crippen LogP contribution in [-0.2, 0) is 0 Å². The highest BCUT2D eigenvalue weighted by Crippen LogP contribution is 2.22. The van der Waals surface area contributed by atoms with Gasteiger partial charge >= 0.3 is 0 Å². The first-order chi connectivity index (χ1) is 14.7. The van der Waals surface area contributed by atoms with Crippen LogP contribution >= 0.6 is 0 Å². The van der Waals surface area contributed by atoms with Crippen molar-refractivity contribution in [1.29, 1.82) is 0 Å². The van der Waals surface area contributed by atoms with Crippen LogP contribution in [0.1, 0.15) is 24.0 Å². The van der Waals surface area contributed by atoms with E-state index < -0.39 is 0 Å². The summed E-state index contributed by atoms with van der Waals surface area (Å²) in [5, 5.41) is 3.37. The molecule has 1 aliphatic rings. The molecule has 1 N–H and O–H groups in total. The molecular formula is C25H30N4O. The lowest BCUT2D eigenvalue weighted by Gasteiger charge is -2.32. The molecule has 0 spiro atoms. The number of hydrogen-bond donors (Lipinski definition) is 1. The molecule has 4 rings (SSSR count). The van der Waals surface area contributed by atoms with Crippen LogP contribution in [0.2, 0.25) is 0 Å². The van der Waals surface area contributed by atoms with Gasteiger partial charge in [-0.15, -0.1) is 0 Å². The number of aryl methyl sites for hydroxylation is 2. The van der Waals surface area contributed by atoms with Crippen molar-refractivity contribution in [3.8, 4) is 17.0 Å². The maximum absolute atomic E-state index is 6.21. The Hall–Kier alpha value is -2.92. The number of hydrogen-bond acceptors (Lipinski definition) is 5. The molecule has 156 valence electrons. The third-order valence-corrected chi connectivity index (χ3v) is 5.75. The highest BCUT2D eigenvalue weighted by atomic mass is 16.5. The molecule has 0 aliphatic carbocycles. The van der Waals surface area contributed by atoms with E-state index in [1.807, 2.05) is 30.5 Å². The predicted octanol–water partition coefficient (Wildman–Crippen LogP) is 4.72. The van der Waals surface area contributed by atoms with Crippen LogP contribution in [0.5, 0.6) is 5.75 Å². The molecule has 5 heteroatoms. The van der Waals surface area contributed by atoms with Crippen LogP contribution in [0.25, 0.3) is 11.3 Å². The minimum atomic E-state index is 0.308. The van der Waals surface area contributed by atoms with E-state index in [9.17, 15) is 0 Å². The molecule has 1 saturated heterocycles. The van der Waals surface area contributed by atoms with Crippen molar-refractivity contribution in [2.75, 3.05) is 31.5 Å². The lowest BCUT2D eigenvalue weighted by molar-refractivity contribution is 0.103. The van der Waals surface area contributed by atoms with Gasteiger partial charge in [0.1, 0.15) is 11.9 Å². The van der Waals surface area contributed by atoms with Crippen LogP contribution < -0.4 is 10.1 Å². The van der Waals surface area contributed by atoms with Crippen LogP contribution in [-0.4, -0.2) is 47.2 Å². The number of anilines is 1. The third kappa shape index (κ3) is 5.36. The number of rotatable bonds is 7. The zero-order valence-electron chi connectivity index (χ0n) is 17.8. The standard InChI is InChI=1S/C25H30N4O/c1-19-8-9-23(18-20(19)2)30-22-11-15-29(16-12-22)17-14-27-25-26-13-10-24(28-25)21-6-4-3-5-7-21/h3-10,13,18,22H,11-12,14-17H2,1-2H3,(H,26,27,28). The summed E-state index contributed by atoms with van der Waals surface area (Å²) in [4.78, 5) is 11.5. The van der Waals surface area contributed by atoms with E-state index in [1.54, 1.807) is 0 Å². The summed E-state index contributed by atoms with van der Waals surface area (Å²) in [6, 6.07) is 18.5. The van der Waals surface area contributed by atoms with Gasteiger partial charge in [-0.25, -0.2) is 9.97 Å². The highest BCUT2D eigenvalue weighted by Gasteiger charge is 2.20. The van der Waals surface area contributed by atoms with Gasteiger partial charge in [-0.2, -0.15) is 0 Å². The summed E-state index contributed by atoms with van der Waals surface area (Å²) in [7, 11) is 0. The van der Waals surface area contributed by atoms with Crippen molar-refractivity contribution < 1.29 is 4.74 Å². The molecule has 0 amide bonds. The highest BCUT2D eigenvalue weighted by molar-refractivity contribution is 5.59. The molecule has 0 bridgehead atoms. The molecule has 0 unspecified atom stereocenters. The number of benzene rings is 2. The number of ether oxygens (including phenoxy) is 1. The van der Waals surface area contributed by atoms with Gasteiger partial charge in [0.25, 0.3) is 0 Å². The molecule has 2 heterocycles. The summed E-state index contributed by atoms with van der Waals surface area (Å²) < 4.78 is 6.21. The minimum absolute atomic E-state index is 0.308. The van der Waals surface area contributed by atoms with E-state index in [-0.39, 0.29) is 0 Å². The van der Waals surface area contributed by atoms with E-state index in [1.165, 1.54) is 11.1 Å². The summed E-state index contributed by atoms with van der Waals surface area (Å²) in [6.07, 6.45) is 4.25. The molecule has 30 heavy (non-hydrogen) atoms. The molecule has 2 aromatic carbocycles. The Labute approximate surface area is 179 Å². The van der Waals surface area contributed by atoms with E-state index in [4.69, 9.17) is 4.74 Å². The summed E-state index contributed by atoms with van der Waals surface area (Å²) >= 11 is 0. The lowest BCUT2D eigenvalue weighted by atomic mass is 10.1. The van der Waals surface area contributed by atoms with Gasteiger partial charge in [0.05, 0.1) is 5.69 Å². The number of nitrogens with one attached hydrogen (secondary N) is 1. The second-order valence-corrected chi connectivity index (χ2v) is 7.96. The first-order valence-corrected chi connectivity index (χ1v) is 10.8. The number of likely N-dealkylation sites (tertiary alicyclic amines) is 1. The molecule has 0 atom stereocenters. The first-order valence-electron chi connectivity index (χ1n) is 10.8. The Morgan fingerprint density at radius 1 is 1.00 bits per heavy atom. The van der Waals surface area contributed by atoms with Gasteiger partial charge in [-0.05, 0) is 56.0 Å². The van der Waals surface area contributed by atoms with Crippen molar-refractivity contribution in [3.05, 3.63) is 71.9 Å². The Balaban J connectivity index is 1.21. The molecule has 5 nitrogen and oxygen atoms in total. The normalized spacial score (nSPS) is 15.1. The Bertz CT molecular complexity index is 952. The van der Waals surface area contributed by atoms with Crippen molar-refractivity contribution >= 4 is 5.95 Å². The van der Waals surface area contributed by atoms with Gasteiger partial charge < -0.3 is 15.0 Å². The smallest absolute Gasteiger partial charge is 0.223 e. The van der Waals surface area contributed by atoms with Crippen molar-refractivity contribution in [3.63, 3.8) is 0 Å². The van der Waals surface area contributed by atoms with Crippen molar-refractivity contribution in [2.24, 2.45) is 0 Å². The molecule has 0 saturated carbocycles. The van der Waals surface area contributed by atoms with Gasteiger partial charge in [0, 0.05) is 37.9 Å². The van der Waals surface area contributed by atoms with Gasteiger partial charge in [0.2, 0.25) is 5.95 Å². The minimum Gasteiger partial charge on any atom is -0.490 e. The maximum Gasteiger partial charge on any atom is 0.223 e. The fraction of sp³-hybridized carbons (Fsp3) is 0.360. The monoisotopic (exact) mass is 402 g/mol. The third-order valence-electron chi connectivity index (χ3n) is 5.75. The average Bonchev–Trinajstić information content (AvgIpc) is 2.78. The topological polar surface area (TPSA) is 50.3 Å². The first kappa shape index (κ1) is 20.4. The van der Waals surface area contributed by atoms with E-state index in [0.717, 1.165) is 56.0 Å². The molecule has 0 radical (unpaired) electrons. The molecule has 1 fully saturated rings. The largest absolute Gasteiger partial charge is 0.490 e. The Morgan fingerprint density at radius 3 is 2.57 bits per heavy atom. The van der Waals surface area contributed by atoms with Crippen LogP contribution in [0.3, 0.4) is 0 Å². The molecule has 1 aliphatic heterocycles. The Kier molecular flexibility index (Phi) is 6.60. The fourth-order valence-electron chi connectivity index (χ4n) is 3.77. The average molecular weight is 403 g/mol. The maximum atomic E-state index is 6.21. The van der Waals surface area contributed by atoms with Crippen LogP contribution in [0.4, 0.5) is 5.95 Å². The summed E-state index contributed by atoms with van der Waals surface area (Å²) in [5.41, 5.74) is 4.64. The quantitative estimate of drug-likeness (QED) is 0.620. The summed E-state index contributed by atoms with van der Waals surface area (Å²) in [5.74, 6) is 1.68. The second-order valence-electron chi connectivity index (χ2n) is 7.96. The number of nitrogens with zero attached hydrogens (tertiary/aromatic N) is 3. The number of aromatic nitrogens is 2. The van der Waals surface area contributed by atoms with E-state index >= 15 is 0 Å². The van der Waals surface area contributed by atoms with Gasteiger partial charge in [0.15, 0.2) is 0 Å². The molecular weight excluding hydrogens is 372 g/mol. The molecule has 3 aromatic rings. The van der Waals surface area contributed by atoms with Gasteiger partial charge in [-0.1, -0.05) is 36.4 Å².